The average molecular weight is 211 g/mol. The fourth-order valence-electron chi connectivity index (χ4n) is 1.23. The molecule has 0 saturated heterocycles. The van der Waals surface area contributed by atoms with Gasteiger partial charge < -0.3 is 0 Å². The lowest BCUT2D eigenvalue weighted by atomic mass is 10.2. The van der Waals surface area contributed by atoms with Gasteiger partial charge in [0.05, 0.1) is 10.1 Å². The Labute approximate surface area is 85.9 Å². The molecule has 0 saturated carbocycles. The van der Waals surface area contributed by atoms with Crippen molar-refractivity contribution in [1.29, 1.82) is 0 Å². The third-order valence-electron chi connectivity index (χ3n) is 2.16. The molecule has 0 aliphatic rings. The molecule has 0 aromatic heterocycles. The highest BCUT2D eigenvalue weighted by molar-refractivity contribution is 7.92. The van der Waals surface area contributed by atoms with Crippen molar-refractivity contribution >= 4 is 9.84 Å². The molecule has 3 heteroatoms. The standard InChI is InChI=1S/C11H15O2S/c1-4-10-7-5-6-8-11(10)14(12,13)9(2)3/h4-9H,1-3H3. The zero-order chi connectivity index (χ0) is 10.8. The van der Waals surface area contributed by atoms with Crippen LogP contribution in [0.15, 0.2) is 29.2 Å². The van der Waals surface area contributed by atoms with Gasteiger partial charge in [0.15, 0.2) is 9.84 Å². The Hall–Kier alpha value is -0.830. The lowest BCUT2D eigenvalue weighted by Crippen LogP contribution is -2.15. The third kappa shape index (κ3) is 1.98. The van der Waals surface area contributed by atoms with Crippen molar-refractivity contribution in [2.24, 2.45) is 0 Å². The van der Waals surface area contributed by atoms with Gasteiger partial charge >= 0.3 is 0 Å². The van der Waals surface area contributed by atoms with Gasteiger partial charge in [-0.25, -0.2) is 8.42 Å². The molecule has 0 fully saturated rings. The third-order valence-corrected chi connectivity index (χ3v) is 4.38. The molecule has 2 nitrogen and oxygen atoms in total. The highest BCUT2D eigenvalue weighted by Crippen LogP contribution is 2.21. The summed E-state index contributed by atoms with van der Waals surface area (Å²) in [4.78, 5) is 0.428. The first-order chi connectivity index (χ1) is 6.50. The monoisotopic (exact) mass is 211 g/mol. The Morgan fingerprint density at radius 1 is 1.21 bits per heavy atom. The Bertz CT molecular complexity index is 405. The van der Waals surface area contributed by atoms with E-state index in [9.17, 15) is 8.42 Å². The van der Waals surface area contributed by atoms with Crippen molar-refractivity contribution < 1.29 is 8.42 Å². The van der Waals surface area contributed by atoms with Crippen LogP contribution in [0.5, 0.6) is 0 Å². The van der Waals surface area contributed by atoms with Crippen LogP contribution in [0.4, 0.5) is 0 Å². The topological polar surface area (TPSA) is 34.1 Å². The molecule has 0 spiro atoms. The van der Waals surface area contributed by atoms with Gasteiger partial charge in [-0.3, -0.25) is 0 Å². The average Bonchev–Trinajstić information content (AvgIpc) is 2.17. The number of benzene rings is 1. The second-order valence-electron chi connectivity index (χ2n) is 3.42. The predicted molar refractivity (Wildman–Crippen MR) is 57.8 cm³/mol. The van der Waals surface area contributed by atoms with Gasteiger partial charge in [-0.15, -0.1) is 0 Å². The van der Waals surface area contributed by atoms with E-state index >= 15 is 0 Å². The summed E-state index contributed by atoms with van der Waals surface area (Å²) in [6.07, 6.45) is 1.81. The van der Waals surface area contributed by atoms with E-state index in [2.05, 4.69) is 0 Å². The molecule has 0 N–H and O–H groups in total. The van der Waals surface area contributed by atoms with Crippen molar-refractivity contribution in [3.8, 4) is 0 Å². The van der Waals surface area contributed by atoms with Crippen LogP contribution in [0.25, 0.3) is 0 Å². The summed E-state index contributed by atoms with van der Waals surface area (Å²) < 4.78 is 23.8. The number of rotatable bonds is 3. The molecular formula is C11H15O2S. The van der Waals surface area contributed by atoms with Crippen molar-refractivity contribution in [2.45, 2.75) is 30.9 Å². The minimum atomic E-state index is -3.15. The number of sulfone groups is 1. The summed E-state index contributed by atoms with van der Waals surface area (Å²) in [6, 6.07) is 7.07. The lowest BCUT2D eigenvalue weighted by Gasteiger charge is -2.11. The van der Waals surface area contributed by atoms with E-state index in [0.717, 1.165) is 5.56 Å². The van der Waals surface area contributed by atoms with Gasteiger partial charge in [-0.2, -0.15) is 0 Å². The second-order valence-corrected chi connectivity index (χ2v) is 5.89. The molecule has 0 amide bonds. The molecule has 0 aliphatic heterocycles. The van der Waals surface area contributed by atoms with Crippen molar-refractivity contribution in [1.82, 2.24) is 0 Å². The smallest absolute Gasteiger partial charge is 0.180 e. The number of hydrogen-bond donors (Lipinski definition) is 0. The Morgan fingerprint density at radius 2 is 1.79 bits per heavy atom. The highest BCUT2D eigenvalue weighted by atomic mass is 32.2. The van der Waals surface area contributed by atoms with Crippen LogP contribution < -0.4 is 0 Å². The fraction of sp³-hybridized carbons (Fsp3) is 0.364. The van der Waals surface area contributed by atoms with Crippen LogP contribution in [-0.2, 0) is 9.84 Å². The van der Waals surface area contributed by atoms with Gasteiger partial charge in [-0.1, -0.05) is 25.1 Å². The van der Waals surface area contributed by atoms with Crippen LogP contribution in [0.1, 0.15) is 26.3 Å². The zero-order valence-electron chi connectivity index (χ0n) is 8.69. The quantitative estimate of drug-likeness (QED) is 0.769. The molecule has 0 aliphatic carbocycles. The van der Waals surface area contributed by atoms with E-state index in [0.29, 0.717) is 4.90 Å². The van der Waals surface area contributed by atoms with E-state index in [-0.39, 0.29) is 5.25 Å². The first-order valence-corrected chi connectivity index (χ1v) is 6.17. The lowest BCUT2D eigenvalue weighted by molar-refractivity contribution is 0.587. The minimum Gasteiger partial charge on any atom is -0.223 e. The van der Waals surface area contributed by atoms with Gasteiger partial charge in [-0.05, 0) is 31.9 Å². The van der Waals surface area contributed by atoms with Crippen LogP contribution in [-0.4, -0.2) is 13.7 Å². The van der Waals surface area contributed by atoms with Crippen LogP contribution in [0, 0.1) is 6.42 Å². The second kappa shape index (κ2) is 4.13. The molecule has 1 rings (SSSR count). The largest absolute Gasteiger partial charge is 0.223 e. The van der Waals surface area contributed by atoms with Gasteiger partial charge in [0.2, 0.25) is 0 Å². The van der Waals surface area contributed by atoms with Crippen molar-refractivity contribution in [3.05, 3.63) is 36.2 Å². The Balaban J connectivity index is 3.32. The molecular weight excluding hydrogens is 196 g/mol. The summed E-state index contributed by atoms with van der Waals surface area (Å²) in [6.45, 7) is 5.23. The minimum absolute atomic E-state index is 0.372. The van der Waals surface area contributed by atoms with Crippen LogP contribution >= 0.6 is 0 Å². The number of hydrogen-bond acceptors (Lipinski definition) is 2. The Morgan fingerprint density at radius 3 is 2.29 bits per heavy atom. The molecule has 0 atom stereocenters. The van der Waals surface area contributed by atoms with Crippen molar-refractivity contribution in [3.63, 3.8) is 0 Å². The van der Waals surface area contributed by atoms with E-state index in [1.165, 1.54) is 0 Å². The SMILES string of the molecule is C[CH]c1ccccc1S(=O)(=O)C(C)C. The van der Waals surface area contributed by atoms with E-state index in [4.69, 9.17) is 0 Å². The Kier molecular flexibility index (Phi) is 3.32. The van der Waals surface area contributed by atoms with E-state index in [1.807, 2.05) is 25.5 Å². The van der Waals surface area contributed by atoms with Crippen LogP contribution in [0.2, 0.25) is 0 Å². The maximum Gasteiger partial charge on any atom is 0.180 e. The zero-order valence-corrected chi connectivity index (χ0v) is 9.51. The first kappa shape index (κ1) is 11.2. The maximum absolute atomic E-state index is 11.9. The highest BCUT2D eigenvalue weighted by Gasteiger charge is 2.21. The van der Waals surface area contributed by atoms with Gasteiger partial charge in [0, 0.05) is 0 Å². The molecule has 0 unspecified atom stereocenters. The summed E-state index contributed by atoms with van der Waals surface area (Å²) in [5, 5.41) is -0.372. The molecule has 1 aromatic carbocycles. The predicted octanol–water partition coefficient (Wildman–Crippen LogP) is 2.44. The molecule has 1 radical (unpaired) electrons. The maximum atomic E-state index is 11.9. The molecule has 0 heterocycles. The van der Waals surface area contributed by atoms with Crippen molar-refractivity contribution in [2.75, 3.05) is 0 Å². The van der Waals surface area contributed by atoms with Crippen LogP contribution in [0.3, 0.4) is 0 Å². The van der Waals surface area contributed by atoms with E-state index in [1.54, 1.807) is 26.0 Å². The summed E-state index contributed by atoms with van der Waals surface area (Å²) in [7, 11) is -3.15. The van der Waals surface area contributed by atoms with Gasteiger partial charge in [0.1, 0.15) is 0 Å². The van der Waals surface area contributed by atoms with E-state index < -0.39 is 9.84 Å². The first-order valence-electron chi connectivity index (χ1n) is 4.62. The summed E-state index contributed by atoms with van der Waals surface area (Å²) in [5.41, 5.74) is 0.779. The molecule has 0 bridgehead atoms. The molecule has 1 aromatic rings. The summed E-state index contributed by atoms with van der Waals surface area (Å²) in [5.74, 6) is 0. The molecule has 14 heavy (non-hydrogen) atoms. The normalized spacial score (nSPS) is 12.0. The van der Waals surface area contributed by atoms with Gasteiger partial charge in [0.25, 0.3) is 0 Å². The summed E-state index contributed by atoms with van der Waals surface area (Å²) >= 11 is 0. The fourth-order valence-corrected chi connectivity index (χ4v) is 2.52. The molecule has 77 valence electrons.